The molecule has 0 saturated carbocycles. The number of halogens is 3. The van der Waals surface area contributed by atoms with Gasteiger partial charge in [0.25, 0.3) is 0 Å². The summed E-state index contributed by atoms with van der Waals surface area (Å²) in [6.45, 7) is 0. The van der Waals surface area contributed by atoms with E-state index in [0.29, 0.717) is 42.8 Å². The summed E-state index contributed by atoms with van der Waals surface area (Å²) in [5.41, 5.74) is 2.05. The Morgan fingerprint density at radius 3 is 2.37 bits per heavy atom. The van der Waals surface area contributed by atoms with Crippen molar-refractivity contribution >= 4 is 56.7 Å². The first kappa shape index (κ1) is 19.1. The van der Waals surface area contributed by atoms with Gasteiger partial charge in [0.2, 0.25) is 0 Å². The van der Waals surface area contributed by atoms with Crippen molar-refractivity contribution in [3.8, 4) is 22.6 Å². The summed E-state index contributed by atoms with van der Waals surface area (Å²) in [5.74, 6) is 0.232. The third-order valence-corrected chi connectivity index (χ3v) is 5.52. The quantitative estimate of drug-likeness (QED) is 0.269. The smallest absolute Gasteiger partial charge is 0.347 e. The highest BCUT2D eigenvalue weighted by Gasteiger charge is 2.17. The fraction of sp³-hybridized carbons (Fsp3) is 0. The molecule has 0 aliphatic heterocycles. The van der Waals surface area contributed by atoms with Crippen LogP contribution in [0.2, 0.25) is 15.1 Å². The van der Waals surface area contributed by atoms with Gasteiger partial charge in [-0.1, -0.05) is 53.0 Å². The summed E-state index contributed by atoms with van der Waals surface area (Å²) in [5, 5.41) is 3.02. The first-order valence-corrected chi connectivity index (χ1v) is 10.1. The molecule has 0 saturated heterocycles. The minimum atomic E-state index is -0.539. The van der Waals surface area contributed by atoms with E-state index < -0.39 is 5.63 Å². The van der Waals surface area contributed by atoms with E-state index in [0.717, 1.165) is 5.39 Å². The van der Waals surface area contributed by atoms with Crippen molar-refractivity contribution in [2.75, 3.05) is 0 Å². The van der Waals surface area contributed by atoms with Crippen molar-refractivity contribution in [2.45, 2.75) is 0 Å². The summed E-state index contributed by atoms with van der Waals surface area (Å²) >= 11 is 18.7. The van der Waals surface area contributed by atoms with Crippen LogP contribution >= 0.6 is 34.8 Å². The van der Waals surface area contributed by atoms with Crippen LogP contribution in [0.4, 0.5) is 0 Å². The fourth-order valence-corrected chi connectivity index (χ4v) is 3.91. The number of benzene rings is 3. The molecule has 0 radical (unpaired) electrons. The van der Waals surface area contributed by atoms with Crippen LogP contribution in [0.1, 0.15) is 0 Å². The molecule has 146 valence electrons. The first-order valence-electron chi connectivity index (χ1n) is 8.95. The molecular weight excluding hydrogens is 443 g/mol. The van der Waals surface area contributed by atoms with Crippen LogP contribution in [0.15, 0.2) is 75.9 Å². The van der Waals surface area contributed by atoms with Crippen molar-refractivity contribution in [3.05, 3.63) is 92.2 Å². The van der Waals surface area contributed by atoms with Crippen LogP contribution in [0.5, 0.6) is 0 Å². The van der Waals surface area contributed by atoms with E-state index in [1.54, 1.807) is 48.5 Å². The molecule has 5 rings (SSSR count). The van der Waals surface area contributed by atoms with Gasteiger partial charge >= 0.3 is 5.63 Å². The van der Waals surface area contributed by atoms with Crippen LogP contribution in [0.25, 0.3) is 44.5 Å². The molecule has 3 aromatic carbocycles. The second-order valence-corrected chi connectivity index (χ2v) is 7.95. The van der Waals surface area contributed by atoms with Crippen LogP contribution in [0, 0.1) is 0 Å². The zero-order valence-corrected chi connectivity index (χ0v) is 17.5. The lowest BCUT2D eigenvalue weighted by Crippen LogP contribution is -2.06. The predicted molar refractivity (Wildman–Crippen MR) is 121 cm³/mol. The minimum Gasteiger partial charge on any atom is -0.422 e. The first-order chi connectivity index (χ1) is 14.5. The summed E-state index contributed by atoms with van der Waals surface area (Å²) in [6, 6.07) is 19.4. The summed E-state index contributed by atoms with van der Waals surface area (Å²) in [7, 11) is 0. The number of hydrogen-bond acceptors (Lipinski definition) is 4. The zero-order chi connectivity index (χ0) is 20.8. The lowest BCUT2D eigenvalue weighted by atomic mass is 10.1. The van der Waals surface area contributed by atoms with Gasteiger partial charge in [-0.3, -0.25) is 0 Å². The lowest BCUT2D eigenvalue weighted by Gasteiger charge is -2.11. The Kier molecular flexibility index (Phi) is 4.70. The Balaban J connectivity index is 1.84. The predicted octanol–water partition coefficient (Wildman–Crippen LogP) is 7.03. The van der Waals surface area contributed by atoms with Crippen molar-refractivity contribution in [1.29, 1.82) is 0 Å². The maximum absolute atomic E-state index is 12.7. The molecule has 0 bridgehead atoms. The Morgan fingerprint density at radius 1 is 0.767 bits per heavy atom. The van der Waals surface area contributed by atoms with Crippen LogP contribution in [-0.4, -0.2) is 9.97 Å². The molecule has 7 heteroatoms. The monoisotopic (exact) mass is 452 g/mol. The SMILES string of the molecule is O=c1oc2ccc(Cl)cc2cc1-c1nc(-c2ccccc2Cl)c2cc(Cl)ccc2n1. The van der Waals surface area contributed by atoms with Gasteiger partial charge < -0.3 is 4.42 Å². The highest BCUT2D eigenvalue weighted by molar-refractivity contribution is 6.34. The molecule has 0 spiro atoms. The van der Waals surface area contributed by atoms with Crippen molar-refractivity contribution in [3.63, 3.8) is 0 Å². The van der Waals surface area contributed by atoms with Gasteiger partial charge in [0.05, 0.1) is 11.2 Å². The number of hydrogen-bond donors (Lipinski definition) is 0. The van der Waals surface area contributed by atoms with E-state index in [1.165, 1.54) is 0 Å². The fourth-order valence-electron chi connectivity index (χ4n) is 3.33. The molecule has 0 amide bonds. The normalized spacial score (nSPS) is 11.3. The summed E-state index contributed by atoms with van der Waals surface area (Å²) in [6.07, 6.45) is 0. The highest BCUT2D eigenvalue weighted by Crippen LogP contribution is 2.34. The highest BCUT2D eigenvalue weighted by atomic mass is 35.5. The second kappa shape index (κ2) is 7.40. The lowest BCUT2D eigenvalue weighted by molar-refractivity contribution is 0.563. The maximum Gasteiger partial charge on any atom is 0.347 e. The van der Waals surface area contributed by atoms with Crippen LogP contribution in [0.3, 0.4) is 0 Å². The van der Waals surface area contributed by atoms with E-state index in [9.17, 15) is 4.79 Å². The number of nitrogens with zero attached hydrogens (tertiary/aromatic N) is 2. The Labute approximate surface area is 185 Å². The van der Waals surface area contributed by atoms with E-state index in [2.05, 4.69) is 9.97 Å². The molecule has 5 aromatic rings. The Bertz CT molecular complexity index is 1510. The van der Waals surface area contributed by atoms with E-state index in [-0.39, 0.29) is 11.4 Å². The molecule has 0 unspecified atom stereocenters. The molecule has 2 heterocycles. The van der Waals surface area contributed by atoms with Gasteiger partial charge in [0.1, 0.15) is 11.1 Å². The topological polar surface area (TPSA) is 56.0 Å². The van der Waals surface area contributed by atoms with Gasteiger partial charge in [-0.2, -0.15) is 0 Å². The van der Waals surface area contributed by atoms with E-state index in [1.807, 2.05) is 18.2 Å². The molecule has 0 aliphatic carbocycles. The second-order valence-electron chi connectivity index (χ2n) is 6.67. The van der Waals surface area contributed by atoms with Gasteiger partial charge in [-0.05, 0) is 48.5 Å². The summed E-state index contributed by atoms with van der Waals surface area (Å²) < 4.78 is 5.46. The van der Waals surface area contributed by atoms with Crippen molar-refractivity contribution in [1.82, 2.24) is 9.97 Å². The van der Waals surface area contributed by atoms with Gasteiger partial charge in [0, 0.05) is 31.4 Å². The van der Waals surface area contributed by atoms with Crippen LogP contribution in [-0.2, 0) is 0 Å². The average molecular weight is 454 g/mol. The number of aromatic nitrogens is 2. The van der Waals surface area contributed by atoms with Crippen molar-refractivity contribution in [2.24, 2.45) is 0 Å². The molecule has 4 nitrogen and oxygen atoms in total. The molecule has 0 fully saturated rings. The van der Waals surface area contributed by atoms with Crippen molar-refractivity contribution < 1.29 is 4.42 Å². The number of fused-ring (bicyclic) bond motifs is 2. The average Bonchev–Trinajstić information content (AvgIpc) is 2.73. The third kappa shape index (κ3) is 3.33. The van der Waals surface area contributed by atoms with E-state index in [4.69, 9.17) is 39.2 Å². The van der Waals surface area contributed by atoms with Crippen LogP contribution < -0.4 is 5.63 Å². The molecule has 0 atom stereocenters. The van der Waals surface area contributed by atoms with E-state index >= 15 is 0 Å². The van der Waals surface area contributed by atoms with Gasteiger partial charge in [-0.15, -0.1) is 0 Å². The molecule has 0 aliphatic rings. The van der Waals surface area contributed by atoms with Gasteiger partial charge in [0.15, 0.2) is 5.82 Å². The zero-order valence-electron chi connectivity index (χ0n) is 15.2. The summed E-state index contributed by atoms with van der Waals surface area (Å²) in [4.78, 5) is 22.0. The molecule has 30 heavy (non-hydrogen) atoms. The maximum atomic E-state index is 12.7. The Hall–Kier alpha value is -2.92. The van der Waals surface area contributed by atoms with Gasteiger partial charge in [-0.25, -0.2) is 14.8 Å². The third-order valence-electron chi connectivity index (χ3n) is 4.72. The Morgan fingerprint density at radius 2 is 1.53 bits per heavy atom. The number of rotatable bonds is 2. The molecule has 0 N–H and O–H groups in total. The molecular formula is C23H11Cl3N2O2. The largest absolute Gasteiger partial charge is 0.422 e. The minimum absolute atomic E-state index is 0.231. The molecule has 2 aromatic heterocycles. The standard InChI is InChI=1S/C23H11Cl3N2O2/c24-13-6-8-20-12(9-13)10-17(23(29)30-20)22-27-19-7-5-14(25)11-16(19)21(28-22)15-3-1-2-4-18(15)26/h1-11H.